The number of thiophene rings is 1. The molecule has 0 aliphatic rings. The monoisotopic (exact) mass is 234 g/mol. The van der Waals surface area contributed by atoms with Gasteiger partial charge in [-0.25, -0.2) is 0 Å². The first-order valence-corrected chi connectivity index (χ1v) is 6.28. The van der Waals surface area contributed by atoms with E-state index in [1.54, 1.807) is 30.0 Å². The quantitative estimate of drug-likeness (QED) is 0.744. The number of ketones is 1. The third kappa shape index (κ3) is 2.70. The molecule has 0 amide bonds. The fourth-order valence-electron chi connectivity index (χ4n) is 1.16. The van der Waals surface area contributed by atoms with Crippen LogP contribution in [0.2, 0.25) is 0 Å². The van der Waals surface area contributed by atoms with Crippen molar-refractivity contribution in [3.8, 4) is 0 Å². The standard InChI is InChI=1S/C12H10OS2/c1-9(13)10-7-12(14-8-10)15-11-5-3-2-4-6-11/h2-8H,1H3. The van der Waals surface area contributed by atoms with E-state index in [-0.39, 0.29) is 5.78 Å². The van der Waals surface area contributed by atoms with Crippen LogP contribution in [0.4, 0.5) is 0 Å². The smallest absolute Gasteiger partial charge is 0.160 e. The molecule has 0 fully saturated rings. The number of hydrogen-bond donors (Lipinski definition) is 0. The van der Waals surface area contributed by atoms with Gasteiger partial charge in [0, 0.05) is 15.8 Å². The summed E-state index contributed by atoms with van der Waals surface area (Å²) in [4.78, 5) is 12.3. The topological polar surface area (TPSA) is 17.1 Å². The molecule has 15 heavy (non-hydrogen) atoms. The highest BCUT2D eigenvalue weighted by Gasteiger charge is 2.04. The lowest BCUT2D eigenvalue weighted by Crippen LogP contribution is -1.85. The maximum Gasteiger partial charge on any atom is 0.160 e. The molecule has 0 saturated heterocycles. The van der Waals surface area contributed by atoms with Crippen LogP contribution in [0.15, 0.2) is 50.9 Å². The van der Waals surface area contributed by atoms with Crippen molar-refractivity contribution in [1.29, 1.82) is 0 Å². The zero-order valence-electron chi connectivity index (χ0n) is 8.27. The van der Waals surface area contributed by atoms with Gasteiger partial charge in [-0.2, -0.15) is 0 Å². The van der Waals surface area contributed by atoms with Crippen molar-refractivity contribution < 1.29 is 4.79 Å². The lowest BCUT2D eigenvalue weighted by atomic mass is 10.2. The zero-order chi connectivity index (χ0) is 10.7. The Bertz CT molecular complexity index is 459. The third-order valence-electron chi connectivity index (χ3n) is 1.94. The zero-order valence-corrected chi connectivity index (χ0v) is 9.90. The SMILES string of the molecule is CC(=O)c1csc(Sc2ccccc2)c1. The number of hydrogen-bond acceptors (Lipinski definition) is 3. The second kappa shape index (κ2) is 4.64. The fourth-order valence-corrected chi connectivity index (χ4v) is 3.17. The minimum Gasteiger partial charge on any atom is -0.294 e. The van der Waals surface area contributed by atoms with E-state index in [0.29, 0.717) is 0 Å². The molecule has 1 aromatic carbocycles. The maximum atomic E-state index is 11.1. The normalized spacial score (nSPS) is 10.2. The first-order chi connectivity index (χ1) is 7.25. The summed E-state index contributed by atoms with van der Waals surface area (Å²) in [5.74, 6) is 0.131. The van der Waals surface area contributed by atoms with Gasteiger partial charge in [0.25, 0.3) is 0 Å². The predicted octanol–water partition coefficient (Wildman–Crippen LogP) is 4.10. The molecule has 0 atom stereocenters. The number of carbonyl (C=O) groups is 1. The molecule has 0 saturated carbocycles. The van der Waals surface area contributed by atoms with Crippen molar-refractivity contribution in [3.63, 3.8) is 0 Å². The summed E-state index contributed by atoms with van der Waals surface area (Å²) in [6, 6.07) is 12.1. The summed E-state index contributed by atoms with van der Waals surface area (Å²) in [6.45, 7) is 1.60. The van der Waals surface area contributed by atoms with Crippen LogP contribution in [0.3, 0.4) is 0 Å². The molecule has 0 bridgehead atoms. The summed E-state index contributed by atoms with van der Waals surface area (Å²) in [5, 5.41) is 1.91. The van der Waals surface area contributed by atoms with Gasteiger partial charge in [0.2, 0.25) is 0 Å². The molecule has 2 rings (SSSR count). The second-order valence-electron chi connectivity index (χ2n) is 3.13. The Morgan fingerprint density at radius 1 is 1.27 bits per heavy atom. The van der Waals surface area contributed by atoms with Crippen LogP contribution in [-0.2, 0) is 0 Å². The van der Waals surface area contributed by atoms with E-state index >= 15 is 0 Å². The molecule has 3 heteroatoms. The summed E-state index contributed by atoms with van der Waals surface area (Å²) >= 11 is 3.31. The summed E-state index contributed by atoms with van der Waals surface area (Å²) in [7, 11) is 0. The summed E-state index contributed by atoms with van der Waals surface area (Å²) < 4.78 is 1.16. The Morgan fingerprint density at radius 2 is 2.00 bits per heavy atom. The van der Waals surface area contributed by atoms with Crippen molar-refractivity contribution in [2.24, 2.45) is 0 Å². The lowest BCUT2D eigenvalue weighted by Gasteiger charge is -1.95. The lowest BCUT2D eigenvalue weighted by molar-refractivity contribution is 0.101. The molecule has 76 valence electrons. The Kier molecular flexibility index (Phi) is 3.23. The molecule has 1 nitrogen and oxygen atoms in total. The van der Waals surface area contributed by atoms with E-state index in [0.717, 1.165) is 9.77 Å². The first kappa shape index (κ1) is 10.5. The van der Waals surface area contributed by atoms with E-state index in [1.807, 2.05) is 29.6 Å². The van der Waals surface area contributed by atoms with E-state index in [4.69, 9.17) is 0 Å². The molecule has 0 radical (unpaired) electrons. The molecule has 0 aliphatic carbocycles. The van der Waals surface area contributed by atoms with Gasteiger partial charge < -0.3 is 0 Å². The summed E-state index contributed by atoms with van der Waals surface area (Å²) in [5.41, 5.74) is 0.804. The van der Waals surface area contributed by atoms with Crippen molar-refractivity contribution in [2.45, 2.75) is 16.0 Å². The van der Waals surface area contributed by atoms with E-state index in [1.165, 1.54) is 4.90 Å². The Hall–Kier alpha value is -1.06. The van der Waals surface area contributed by atoms with E-state index in [9.17, 15) is 4.79 Å². The van der Waals surface area contributed by atoms with Crippen molar-refractivity contribution >= 4 is 28.9 Å². The minimum atomic E-state index is 0.131. The largest absolute Gasteiger partial charge is 0.294 e. The molecule has 0 N–H and O–H groups in total. The maximum absolute atomic E-state index is 11.1. The van der Waals surface area contributed by atoms with Gasteiger partial charge in [0.15, 0.2) is 5.78 Å². The molecule has 2 aromatic rings. The Balaban J connectivity index is 2.15. The molecule has 0 aliphatic heterocycles. The second-order valence-corrected chi connectivity index (χ2v) is 5.41. The van der Waals surface area contributed by atoms with Crippen LogP contribution in [0, 0.1) is 0 Å². The minimum absolute atomic E-state index is 0.131. The van der Waals surface area contributed by atoms with Crippen molar-refractivity contribution in [3.05, 3.63) is 47.3 Å². The molecule has 0 unspecified atom stereocenters. The average Bonchev–Trinajstić information content (AvgIpc) is 2.68. The van der Waals surface area contributed by atoms with Gasteiger partial charge in [0.1, 0.15) is 0 Å². The number of rotatable bonds is 3. The van der Waals surface area contributed by atoms with Crippen LogP contribution < -0.4 is 0 Å². The van der Waals surface area contributed by atoms with Crippen LogP contribution in [0.5, 0.6) is 0 Å². The third-order valence-corrected chi connectivity index (χ3v) is 4.03. The number of Topliss-reactive ketones (excluding diaryl/α,β-unsaturated/α-hetero) is 1. The van der Waals surface area contributed by atoms with E-state index < -0.39 is 0 Å². The number of benzene rings is 1. The molecular formula is C12H10OS2. The van der Waals surface area contributed by atoms with Gasteiger partial charge in [-0.15, -0.1) is 11.3 Å². The van der Waals surface area contributed by atoms with Crippen LogP contribution in [0.1, 0.15) is 17.3 Å². The van der Waals surface area contributed by atoms with Crippen molar-refractivity contribution in [2.75, 3.05) is 0 Å². The Labute approximate surface area is 97.1 Å². The summed E-state index contributed by atoms with van der Waals surface area (Å²) in [6.07, 6.45) is 0. The fraction of sp³-hybridized carbons (Fsp3) is 0.0833. The Morgan fingerprint density at radius 3 is 2.60 bits per heavy atom. The average molecular weight is 234 g/mol. The van der Waals surface area contributed by atoms with Gasteiger partial charge in [-0.3, -0.25) is 4.79 Å². The molecule has 1 heterocycles. The number of carbonyl (C=O) groups excluding carboxylic acids is 1. The highest BCUT2D eigenvalue weighted by atomic mass is 32.2. The van der Waals surface area contributed by atoms with Crippen molar-refractivity contribution in [1.82, 2.24) is 0 Å². The van der Waals surface area contributed by atoms with Gasteiger partial charge in [-0.05, 0) is 25.1 Å². The molecule has 0 spiro atoms. The van der Waals surface area contributed by atoms with Crippen LogP contribution >= 0.6 is 23.1 Å². The molecule has 1 aromatic heterocycles. The highest BCUT2D eigenvalue weighted by Crippen LogP contribution is 2.32. The van der Waals surface area contributed by atoms with E-state index in [2.05, 4.69) is 12.1 Å². The van der Waals surface area contributed by atoms with Gasteiger partial charge in [0.05, 0.1) is 4.21 Å². The van der Waals surface area contributed by atoms with Crippen LogP contribution in [0.25, 0.3) is 0 Å². The van der Waals surface area contributed by atoms with Gasteiger partial charge >= 0.3 is 0 Å². The predicted molar refractivity (Wildman–Crippen MR) is 64.9 cm³/mol. The van der Waals surface area contributed by atoms with Gasteiger partial charge in [-0.1, -0.05) is 30.0 Å². The van der Waals surface area contributed by atoms with Crippen LogP contribution in [-0.4, -0.2) is 5.78 Å². The first-order valence-electron chi connectivity index (χ1n) is 4.58. The molecular weight excluding hydrogens is 224 g/mol. The highest BCUT2D eigenvalue weighted by molar-refractivity contribution is 8.01.